The fourth-order valence-corrected chi connectivity index (χ4v) is 3.30. The van der Waals surface area contributed by atoms with E-state index in [2.05, 4.69) is 48.7 Å². The molecule has 0 saturated heterocycles. The maximum Gasteiger partial charge on any atom is 0.123 e. The second kappa shape index (κ2) is 7.69. The molecule has 0 fully saturated rings. The lowest BCUT2D eigenvalue weighted by atomic mass is 10.1. The molecule has 2 nitrogen and oxygen atoms in total. The Labute approximate surface area is 130 Å². The van der Waals surface area contributed by atoms with Crippen molar-refractivity contribution in [1.82, 2.24) is 10.2 Å². The smallest absolute Gasteiger partial charge is 0.123 e. The van der Waals surface area contributed by atoms with E-state index in [1.807, 2.05) is 12.1 Å². The molecule has 2 unspecified atom stereocenters. The molecule has 0 radical (unpaired) electrons. The van der Waals surface area contributed by atoms with Gasteiger partial charge in [0.05, 0.1) is 6.04 Å². The topological polar surface area (TPSA) is 15.3 Å². The van der Waals surface area contributed by atoms with Crippen molar-refractivity contribution in [2.24, 2.45) is 0 Å². The minimum absolute atomic E-state index is 0.176. The van der Waals surface area contributed by atoms with Gasteiger partial charge < -0.3 is 10.2 Å². The first kappa shape index (κ1) is 16.1. The average Bonchev–Trinajstić information content (AvgIpc) is 2.95. The summed E-state index contributed by atoms with van der Waals surface area (Å²) in [6.45, 7) is 3.08. The molecule has 114 valence electrons. The van der Waals surface area contributed by atoms with Gasteiger partial charge in [0.25, 0.3) is 0 Å². The minimum atomic E-state index is -0.176. The van der Waals surface area contributed by atoms with Crippen LogP contribution < -0.4 is 5.32 Å². The first-order chi connectivity index (χ1) is 10.1. The monoisotopic (exact) mass is 306 g/mol. The van der Waals surface area contributed by atoms with Gasteiger partial charge in [-0.25, -0.2) is 4.39 Å². The molecular formula is C17H23FN2S. The van der Waals surface area contributed by atoms with Gasteiger partial charge in [-0.1, -0.05) is 18.2 Å². The maximum atomic E-state index is 12.9. The fourth-order valence-electron chi connectivity index (χ4n) is 2.38. The number of benzene rings is 1. The summed E-state index contributed by atoms with van der Waals surface area (Å²) in [6, 6.07) is 11.8. The number of hydrogen-bond acceptors (Lipinski definition) is 3. The summed E-state index contributed by atoms with van der Waals surface area (Å²) in [5.41, 5.74) is 1.16. The van der Waals surface area contributed by atoms with Gasteiger partial charge in [0.2, 0.25) is 0 Å². The number of hydrogen-bond donors (Lipinski definition) is 1. The lowest BCUT2D eigenvalue weighted by Gasteiger charge is -2.25. The Balaban J connectivity index is 1.87. The summed E-state index contributed by atoms with van der Waals surface area (Å²) in [6.07, 6.45) is 0.908. The lowest BCUT2D eigenvalue weighted by molar-refractivity contribution is 0.285. The van der Waals surface area contributed by atoms with Crippen LogP contribution >= 0.6 is 11.3 Å². The molecule has 4 heteroatoms. The van der Waals surface area contributed by atoms with Crippen LogP contribution in [-0.2, 0) is 6.42 Å². The molecule has 2 rings (SSSR count). The summed E-state index contributed by atoms with van der Waals surface area (Å²) in [7, 11) is 4.22. The molecule has 2 aromatic rings. The number of nitrogens with zero attached hydrogens (tertiary/aromatic N) is 1. The van der Waals surface area contributed by atoms with Crippen LogP contribution in [0.2, 0.25) is 0 Å². The van der Waals surface area contributed by atoms with Crippen LogP contribution in [0.3, 0.4) is 0 Å². The molecule has 0 bridgehead atoms. The Hall–Kier alpha value is -1.23. The summed E-state index contributed by atoms with van der Waals surface area (Å²) >= 11 is 1.79. The summed E-state index contributed by atoms with van der Waals surface area (Å²) < 4.78 is 12.9. The third kappa shape index (κ3) is 4.92. The molecule has 1 aromatic carbocycles. The zero-order valence-corrected chi connectivity index (χ0v) is 13.7. The number of rotatable bonds is 7. The second-order valence-electron chi connectivity index (χ2n) is 5.63. The molecule has 0 aliphatic carbocycles. The minimum Gasteiger partial charge on any atom is -0.312 e. The van der Waals surface area contributed by atoms with Gasteiger partial charge in [0.15, 0.2) is 0 Å². The van der Waals surface area contributed by atoms with Crippen molar-refractivity contribution in [3.05, 3.63) is 58.0 Å². The first-order valence-corrected chi connectivity index (χ1v) is 8.12. The van der Waals surface area contributed by atoms with Crippen molar-refractivity contribution >= 4 is 11.3 Å². The Bertz CT molecular complexity index is 522. The zero-order valence-electron chi connectivity index (χ0n) is 12.8. The highest BCUT2D eigenvalue weighted by Gasteiger charge is 2.16. The van der Waals surface area contributed by atoms with E-state index < -0.39 is 0 Å². The fraction of sp³-hybridized carbons (Fsp3) is 0.412. The molecule has 0 aliphatic rings. The molecule has 0 aliphatic heterocycles. The summed E-state index contributed by atoms with van der Waals surface area (Å²) in [5, 5.41) is 5.71. The predicted octanol–water partition coefficient (Wildman–Crippen LogP) is 3.71. The second-order valence-corrected chi connectivity index (χ2v) is 6.61. The van der Waals surface area contributed by atoms with Crippen LogP contribution in [-0.4, -0.2) is 31.6 Å². The molecule has 2 atom stereocenters. The van der Waals surface area contributed by atoms with Gasteiger partial charge in [0.1, 0.15) is 5.82 Å². The van der Waals surface area contributed by atoms with E-state index in [1.54, 1.807) is 11.3 Å². The van der Waals surface area contributed by atoms with Gasteiger partial charge in [-0.2, -0.15) is 0 Å². The van der Waals surface area contributed by atoms with Crippen LogP contribution in [0.5, 0.6) is 0 Å². The van der Waals surface area contributed by atoms with E-state index in [0.29, 0.717) is 12.1 Å². The van der Waals surface area contributed by atoms with Crippen molar-refractivity contribution in [3.63, 3.8) is 0 Å². The van der Waals surface area contributed by atoms with Crippen molar-refractivity contribution in [3.8, 4) is 0 Å². The summed E-state index contributed by atoms with van der Waals surface area (Å²) in [4.78, 5) is 3.62. The zero-order chi connectivity index (χ0) is 15.2. The average molecular weight is 306 g/mol. The van der Waals surface area contributed by atoms with Crippen LogP contribution in [0.4, 0.5) is 4.39 Å². The van der Waals surface area contributed by atoms with Gasteiger partial charge >= 0.3 is 0 Å². The van der Waals surface area contributed by atoms with E-state index in [4.69, 9.17) is 0 Å². The van der Waals surface area contributed by atoms with Crippen molar-refractivity contribution in [2.75, 3.05) is 20.6 Å². The van der Waals surface area contributed by atoms with Gasteiger partial charge in [-0.3, -0.25) is 0 Å². The van der Waals surface area contributed by atoms with Crippen molar-refractivity contribution in [1.29, 1.82) is 0 Å². The molecular weight excluding hydrogens is 283 g/mol. The Kier molecular flexibility index (Phi) is 5.91. The van der Waals surface area contributed by atoms with Gasteiger partial charge in [-0.15, -0.1) is 11.3 Å². The van der Waals surface area contributed by atoms with E-state index >= 15 is 0 Å². The highest BCUT2D eigenvalue weighted by Crippen LogP contribution is 2.22. The third-order valence-corrected chi connectivity index (χ3v) is 4.58. The van der Waals surface area contributed by atoms with Gasteiger partial charge in [-0.05, 0) is 56.6 Å². The van der Waals surface area contributed by atoms with E-state index in [-0.39, 0.29) is 5.82 Å². The third-order valence-electron chi connectivity index (χ3n) is 3.61. The first-order valence-electron chi connectivity index (χ1n) is 7.24. The Morgan fingerprint density at radius 1 is 1.19 bits per heavy atom. The molecule has 0 saturated carbocycles. The molecule has 1 aromatic heterocycles. The Morgan fingerprint density at radius 2 is 1.90 bits per heavy atom. The van der Waals surface area contributed by atoms with E-state index in [0.717, 1.165) is 18.5 Å². The van der Waals surface area contributed by atoms with E-state index in [1.165, 1.54) is 17.0 Å². The van der Waals surface area contributed by atoms with Crippen LogP contribution in [0.1, 0.15) is 23.4 Å². The predicted molar refractivity (Wildman–Crippen MR) is 88.3 cm³/mol. The van der Waals surface area contributed by atoms with Crippen molar-refractivity contribution in [2.45, 2.75) is 25.4 Å². The SMILES string of the molecule is CC(Cc1ccc(F)cc1)NCC(c1cccs1)N(C)C. The number of nitrogens with one attached hydrogen (secondary N) is 1. The van der Waals surface area contributed by atoms with Crippen molar-refractivity contribution < 1.29 is 4.39 Å². The molecule has 0 spiro atoms. The van der Waals surface area contributed by atoms with Crippen LogP contribution in [0, 0.1) is 5.82 Å². The number of likely N-dealkylation sites (N-methyl/N-ethyl adjacent to an activating group) is 1. The molecule has 1 heterocycles. The number of thiophene rings is 1. The Morgan fingerprint density at radius 3 is 2.48 bits per heavy atom. The highest BCUT2D eigenvalue weighted by molar-refractivity contribution is 7.10. The number of halogens is 1. The molecule has 0 amide bonds. The largest absolute Gasteiger partial charge is 0.312 e. The molecule has 1 N–H and O–H groups in total. The standard InChI is InChI=1S/C17H23FN2S/c1-13(11-14-6-8-15(18)9-7-14)19-12-16(20(2)3)17-5-4-10-21-17/h4-10,13,16,19H,11-12H2,1-3H3. The quantitative estimate of drug-likeness (QED) is 0.839. The molecule has 21 heavy (non-hydrogen) atoms. The maximum absolute atomic E-state index is 12.9. The highest BCUT2D eigenvalue weighted by atomic mass is 32.1. The van der Waals surface area contributed by atoms with Gasteiger partial charge in [0, 0.05) is 17.5 Å². The summed E-state index contributed by atoms with van der Waals surface area (Å²) in [5.74, 6) is -0.176. The van der Waals surface area contributed by atoms with Crippen LogP contribution in [0.15, 0.2) is 41.8 Å². The normalized spacial score (nSPS) is 14.3. The van der Waals surface area contributed by atoms with E-state index in [9.17, 15) is 4.39 Å². The lowest BCUT2D eigenvalue weighted by Crippen LogP contribution is -2.36. The van der Waals surface area contributed by atoms with Crippen LogP contribution in [0.25, 0.3) is 0 Å².